The number of methoxy groups -OCH3 is 1. The van der Waals surface area contributed by atoms with Crippen LogP contribution in [-0.4, -0.2) is 42.8 Å². The second-order valence-electron chi connectivity index (χ2n) is 8.50. The first kappa shape index (κ1) is 26.1. The quantitative estimate of drug-likeness (QED) is 0.402. The molecule has 178 valence electrons. The number of nitrogens with one attached hydrogen (secondary N) is 2. The summed E-state index contributed by atoms with van der Waals surface area (Å²) >= 11 is 1.51. The van der Waals surface area contributed by atoms with E-state index in [0.29, 0.717) is 19.3 Å². The van der Waals surface area contributed by atoms with Gasteiger partial charge in [-0.2, -0.15) is 0 Å². The van der Waals surface area contributed by atoms with Gasteiger partial charge in [0.15, 0.2) is 0 Å². The summed E-state index contributed by atoms with van der Waals surface area (Å²) in [4.78, 5) is 38.1. The Labute approximate surface area is 199 Å². The number of thiophene rings is 1. The van der Waals surface area contributed by atoms with E-state index in [0.717, 1.165) is 10.4 Å². The fourth-order valence-corrected chi connectivity index (χ4v) is 3.77. The Morgan fingerprint density at radius 1 is 1.06 bits per heavy atom. The fraction of sp³-hybridized carbons (Fsp3) is 0.400. The third-order valence-corrected chi connectivity index (χ3v) is 5.47. The standard InChI is InChI=1S/C25H32N2O5S/c1-25(2,3)32-24(30)27-21(17-20-11-8-16-33-20)23(29)26-19(14-15-22(28)31-4)13-12-18-9-6-5-7-10-18/h5-11,14-16,19,21H,12-13,17H2,1-4H3,(H,26,29)(H,27,30)/t19-,21-/m0/s1. The van der Waals surface area contributed by atoms with Crippen molar-refractivity contribution in [3.8, 4) is 0 Å². The second-order valence-corrected chi connectivity index (χ2v) is 9.54. The van der Waals surface area contributed by atoms with Crippen molar-refractivity contribution in [3.63, 3.8) is 0 Å². The Bertz CT molecular complexity index is 920. The van der Waals surface area contributed by atoms with Gasteiger partial charge < -0.3 is 20.1 Å². The van der Waals surface area contributed by atoms with Gasteiger partial charge in [0.25, 0.3) is 0 Å². The van der Waals surface area contributed by atoms with Gasteiger partial charge in [-0.05, 0) is 50.6 Å². The summed E-state index contributed by atoms with van der Waals surface area (Å²) in [6.07, 6.45) is 3.85. The zero-order chi connectivity index (χ0) is 24.3. The van der Waals surface area contributed by atoms with Crippen molar-refractivity contribution in [1.82, 2.24) is 10.6 Å². The van der Waals surface area contributed by atoms with Crippen molar-refractivity contribution >= 4 is 29.3 Å². The number of ether oxygens (including phenoxy) is 2. The molecule has 0 aliphatic heterocycles. The lowest BCUT2D eigenvalue weighted by molar-refractivity contribution is -0.135. The van der Waals surface area contributed by atoms with Crippen LogP contribution in [0.2, 0.25) is 0 Å². The smallest absolute Gasteiger partial charge is 0.408 e. The lowest BCUT2D eigenvalue weighted by Crippen LogP contribution is -2.51. The highest BCUT2D eigenvalue weighted by molar-refractivity contribution is 7.09. The van der Waals surface area contributed by atoms with Gasteiger partial charge >= 0.3 is 12.1 Å². The lowest BCUT2D eigenvalue weighted by atomic mass is 10.0. The first-order valence-corrected chi connectivity index (χ1v) is 11.7. The summed E-state index contributed by atoms with van der Waals surface area (Å²) in [5.41, 5.74) is 0.431. The Kier molecular flexibility index (Phi) is 10.1. The molecule has 0 spiro atoms. The first-order chi connectivity index (χ1) is 15.7. The Hall–Kier alpha value is -3.13. The van der Waals surface area contributed by atoms with Gasteiger partial charge in [-0.3, -0.25) is 4.79 Å². The summed E-state index contributed by atoms with van der Waals surface area (Å²) in [6, 6.07) is 12.4. The van der Waals surface area contributed by atoms with Crippen LogP contribution in [0.3, 0.4) is 0 Å². The number of carbonyl (C=O) groups excluding carboxylic acids is 3. The van der Waals surface area contributed by atoms with Crippen LogP contribution in [0.15, 0.2) is 60.0 Å². The average molecular weight is 473 g/mol. The molecule has 0 radical (unpaired) electrons. The maximum atomic E-state index is 13.2. The van der Waals surface area contributed by atoms with Crippen molar-refractivity contribution in [2.75, 3.05) is 7.11 Å². The number of aryl methyl sites for hydroxylation is 1. The van der Waals surface area contributed by atoms with E-state index >= 15 is 0 Å². The highest BCUT2D eigenvalue weighted by Gasteiger charge is 2.26. The van der Waals surface area contributed by atoms with E-state index in [1.807, 2.05) is 47.8 Å². The number of alkyl carbamates (subject to hydrolysis) is 1. The van der Waals surface area contributed by atoms with E-state index in [1.54, 1.807) is 26.8 Å². The Morgan fingerprint density at radius 3 is 2.39 bits per heavy atom. The molecule has 2 amide bonds. The monoisotopic (exact) mass is 472 g/mol. The van der Waals surface area contributed by atoms with Crippen LogP contribution >= 0.6 is 11.3 Å². The number of rotatable bonds is 10. The van der Waals surface area contributed by atoms with E-state index in [4.69, 9.17) is 4.74 Å². The van der Waals surface area contributed by atoms with Gasteiger partial charge in [-0.15, -0.1) is 11.3 Å². The van der Waals surface area contributed by atoms with Gasteiger partial charge in [0.05, 0.1) is 7.11 Å². The largest absolute Gasteiger partial charge is 0.466 e. The molecule has 1 heterocycles. The van der Waals surface area contributed by atoms with Crippen LogP contribution in [0.1, 0.15) is 37.6 Å². The zero-order valence-electron chi connectivity index (χ0n) is 19.5. The van der Waals surface area contributed by atoms with E-state index in [2.05, 4.69) is 15.4 Å². The Morgan fingerprint density at radius 2 is 1.79 bits per heavy atom. The molecule has 8 heteroatoms. The molecule has 0 saturated heterocycles. The molecular formula is C25H32N2O5S. The van der Waals surface area contributed by atoms with Crippen LogP contribution in [0, 0.1) is 0 Å². The number of hydrogen-bond acceptors (Lipinski definition) is 6. The molecular weight excluding hydrogens is 440 g/mol. The summed E-state index contributed by atoms with van der Waals surface area (Å²) in [5.74, 6) is -0.863. The highest BCUT2D eigenvalue weighted by Crippen LogP contribution is 2.14. The molecule has 0 bridgehead atoms. The van der Waals surface area contributed by atoms with Gasteiger partial charge in [0, 0.05) is 23.4 Å². The topological polar surface area (TPSA) is 93.7 Å². The van der Waals surface area contributed by atoms with Crippen molar-refractivity contribution in [1.29, 1.82) is 0 Å². The Balaban J connectivity index is 2.13. The van der Waals surface area contributed by atoms with Crippen molar-refractivity contribution in [3.05, 3.63) is 70.4 Å². The third-order valence-electron chi connectivity index (χ3n) is 4.57. The molecule has 1 aromatic heterocycles. The van der Waals surface area contributed by atoms with E-state index < -0.39 is 29.7 Å². The number of esters is 1. The van der Waals surface area contributed by atoms with Crippen LogP contribution < -0.4 is 10.6 Å². The van der Waals surface area contributed by atoms with Crippen molar-refractivity contribution in [2.45, 2.75) is 57.7 Å². The number of carbonyl (C=O) groups is 3. The minimum atomic E-state index is -0.829. The molecule has 1 aromatic carbocycles. The van der Waals surface area contributed by atoms with Crippen LogP contribution in [0.25, 0.3) is 0 Å². The van der Waals surface area contributed by atoms with Gasteiger partial charge in [-0.1, -0.05) is 42.5 Å². The van der Waals surface area contributed by atoms with Crippen LogP contribution in [-0.2, 0) is 31.9 Å². The number of hydrogen-bond donors (Lipinski definition) is 2. The predicted molar refractivity (Wildman–Crippen MR) is 129 cm³/mol. The molecule has 2 N–H and O–H groups in total. The summed E-state index contributed by atoms with van der Waals surface area (Å²) in [7, 11) is 1.30. The highest BCUT2D eigenvalue weighted by atomic mass is 32.1. The van der Waals surface area contributed by atoms with E-state index in [9.17, 15) is 14.4 Å². The van der Waals surface area contributed by atoms with Gasteiger partial charge in [0.1, 0.15) is 11.6 Å². The van der Waals surface area contributed by atoms with Crippen molar-refractivity contribution in [2.24, 2.45) is 0 Å². The van der Waals surface area contributed by atoms with Crippen LogP contribution in [0.4, 0.5) is 4.79 Å². The predicted octanol–water partition coefficient (Wildman–Crippen LogP) is 4.03. The maximum Gasteiger partial charge on any atom is 0.408 e. The molecule has 2 aromatic rings. The average Bonchev–Trinajstić information content (AvgIpc) is 3.27. The second kappa shape index (κ2) is 12.8. The molecule has 33 heavy (non-hydrogen) atoms. The summed E-state index contributed by atoms with van der Waals surface area (Å²) < 4.78 is 10.0. The van der Waals surface area contributed by atoms with Crippen LogP contribution in [0.5, 0.6) is 0 Å². The van der Waals surface area contributed by atoms with Gasteiger partial charge in [0.2, 0.25) is 5.91 Å². The van der Waals surface area contributed by atoms with E-state index in [-0.39, 0.29) is 5.91 Å². The minimum Gasteiger partial charge on any atom is -0.466 e. The SMILES string of the molecule is COC(=O)C=C[C@H](CCc1ccccc1)NC(=O)[C@H](Cc1cccs1)NC(=O)OC(C)(C)C. The summed E-state index contributed by atoms with van der Waals surface area (Å²) in [6.45, 7) is 5.29. The maximum absolute atomic E-state index is 13.2. The molecule has 2 rings (SSSR count). The molecule has 2 atom stereocenters. The molecule has 0 aliphatic carbocycles. The number of benzene rings is 1. The molecule has 0 unspecified atom stereocenters. The molecule has 0 fully saturated rings. The molecule has 0 saturated carbocycles. The zero-order valence-corrected chi connectivity index (χ0v) is 20.3. The lowest BCUT2D eigenvalue weighted by Gasteiger charge is -2.24. The third kappa shape index (κ3) is 10.4. The molecule has 7 nitrogen and oxygen atoms in total. The normalized spacial score (nSPS) is 13.2. The minimum absolute atomic E-state index is 0.328. The first-order valence-electron chi connectivity index (χ1n) is 10.8. The fourth-order valence-electron chi connectivity index (χ4n) is 3.02. The van der Waals surface area contributed by atoms with Crippen molar-refractivity contribution < 1.29 is 23.9 Å². The summed E-state index contributed by atoms with van der Waals surface area (Å²) in [5, 5.41) is 7.55. The number of amides is 2. The molecule has 0 aliphatic rings. The van der Waals surface area contributed by atoms with Gasteiger partial charge in [-0.25, -0.2) is 9.59 Å². The van der Waals surface area contributed by atoms with E-state index in [1.165, 1.54) is 24.5 Å².